The molecule has 12 nitrogen and oxygen atoms in total. The van der Waals surface area contributed by atoms with Gasteiger partial charge >= 0.3 is 6.18 Å². The van der Waals surface area contributed by atoms with Crippen LogP contribution in [0.5, 0.6) is 5.75 Å². The maximum absolute atomic E-state index is 11.8. The quantitative estimate of drug-likeness (QED) is 0.105. The minimum Gasteiger partial charge on any atom is -0.542 e. The Morgan fingerprint density at radius 1 is 1.23 bits per heavy atom. The van der Waals surface area contributed by atoms with E-state index >= 15 is 0 Å². The van der Waals surface area contributed by atoms with Crippen LogP contribution in [0.15, 0.2) is 29.4 Å². The molecule has 0 fully saturated rings. The predicted octanol–water partition coefficient (Wildman–Crippen LogP) is -1.49. The Balaban J connectivity index is 0.00000103. The highest BCUT2D eigenvalue weighted by Crippen LogP contribution is 2.11. The number of aliphatic carboxylic acids is 1. The Hall–Kier alpha value is -3.62. The number of amides is 1. The number of phenolic OH excluding ortho intramolecular Hbond substituents is 1. The minimum atomic E-state index is -5.19. The van der Waals surface area contributed by atoms with E-state index in [0.29, 0.717) is 25.9 Å². The smallest absolute Gasteiger partial charge is 0.430 e. The lowest BCUT2D eigenvalue weighted by atomic mass is 10.1. The summed E-state index contributed by atoms with van der Waals surface area (Å²) >= 11 is 0. The van der Waals surface area contributed by atoms with Crippen molar-refractivity contribution in [1.29, 1.82) is 0 Å². The van der Waals surface area contributed by atoms with Gasteiger partial charge < -0.3 is 37.1 Å². The second kappa shape index (κ2) is 12.8. The highest BCUT2D eigenvalue weighted by Gasteiger charge is 2.28. The van der Waals surface area contributed by atoms with Crippen LogP contribution >= 0.6 is 0 Å². The fraction of sp³-hybridized carbons (Fsp3) is 0.400. The number of benzene rings is 1. The number of carbonyl (C=O) groups excluding carboxylic acids is 2. The zero-order valence-corrected chi connectivity index (χ0v) is 15.4. The van der Waals surface area contributed by atoms with Crippen molar-refractivity contribution in [3.05, 3.63) is 39.9 Å². The van der Waals surface area contributed by atoms with Gasteiger partial charge in [-0.3, -0.25) is 4.79 Å². The van der Waals surface area contributed by atoms with Crippen LogP contribution in [0.1, 0.15) is 18.4 Å². The Morgan fingerprint density at radius 2 is 1.77 bits per heavy atom. The monoisotopic (exact) mass is 437 g/mol. The molecule has 0 radical (unpaired) electrons. The highest BCUT2D eigenvalue weighted by atomic mass is 19.4. The zero-order chi connectivity index (χ0) is 23.3. The highest BCUT2D eigenvalue weighted by molar-refractivity contribution is 5.81. The van der Waals surface area contributed by atoms with Crippen LogP contribution in [-0.4, -0.2) is 46.7 Å². The van der Waals surface area contributed by atoms with Crippen LogP contribution in [0.2, 0.25) is 0 Å². The van der Waals surface area contributed by atoms with E-state index in [4.69, 9.17) is 26.5 Å². The number of rotatable bonds is 8. The van der Waals surface area contributed by atoms with Crippen LogP contribution in [0, 0.1) is 10.1 Å². The largest absolute Gasteiger partial charge is 0.542 e. The number of nitro groups is 1. The molecule has 30 heavy (non-hydrogen) atoms. The van der Waals surface area contributed by atoms with E-state index in [0.717, 1.165) is 5.56 Å². The molecule has 0 bridgehead atoms. The van der Waals surface area contributed by atoms with Gasteiger partial charge in [-0.2, -0.15) is 13.2 Å². The predicted molar refractivity (Wildman–Crippen MR) is 94.8 cm³/mol. The molecule has 0 saturated heterocycles. The molecule has 15 heteroatoms. The van der Waals surface area contributed by atoms with Gasteiger partial charge in [0.15, 0.2) is 5.03 Å². The van der Waals surface area contributed by atoms with Crippen LogP contribution in [0.4, 0.5) is 13.2 Å². The molecule has 1 amide bonds. The van der Waals surface area contributed by atoms with Crippen molar-refractivity contribution in [2.45, 2.75) is 31.6 Å². The maximum atomic E-state index is 11.8. The molecule has 0 aliphatic heterocycles. The van der Waals surface area contributed by atoms with Gasteiger partial charge in [0.1, 0.15) is 16.8 Å². The third-order valence-corrected chi connectivity index (χ3v) is 3.16. The van der Waals surface area contributed by atoms with Crippen LogP contribution < -0.4 is 27.2 Å². The Kier molecular flexibility index (Phi) is 11.2. The first-order valence-corrected chi connectivity index (χ1v) is 8.14. The summed E-state index contributed by atoms with van der Waals surface area (Å²) in [4.78, 5) is 30.7. The Morgan fingerprint density at radius 3 is 2.23 bits per heavy atom. The molecule has 1 atom stereocenters. The van der Waals surface area contributed by atoms with E-state index in [1.807, 2.05) is 0 Å². The molecule has 1 aromatic rings. The number of guanidine groups is 1. The van der Waals surface area contributed by atoms with E-state index < -0.39 is 23.2 Å². The number of hydrogen-bond donors (Lipinski definition) is 5. The van der Waals surface area contributed by atoms with Gasteiger partial charge in [0.25, 0.3) is 5.96 Å². The number of hydrazone groups is 1. The molecule has 168 valence electrons. The van der Waals surface area contributed by atoms with Gasteiger partial charge in [-0.05, 0) is 30.5 Å². The fourth-order valence-electron chi connectivity index (χ4n) is 1.73. The number of nitrogens with one attached hydrogen (secondary N) is 2. The molecule has 1 rings (SSSR count). The van der Waals surface area contributed by atoms with Gasteiger partial charge in [-0.25, -0.2) is 10.1 Å². The van der Waals surface area contributed by atoms with Crippen molar-refractivity contribution in [3.8, 4) is 5.75 Å². The second-order valence-corrected chi connectivity index (χ2v) is 5.57. The van der Waals surface area contributed by atoms with Gasteiger partial charge in [-0.15, -0.1) is 0 Å². The van der Waals surface area contributed by atoms with E-state index in [-0.39, 0.29) is 17.6 Å². The molecule has 0 saturated carbocycles. The van der Waals surface area contributed by atoms with E-state index in [1.54, 1.807) is 12.1 Å². The van der Waals surface area contributed by atoms with Gasteiger partial charge in [-0.1, -0.05) is 12.1 Å². The molecule has 7 N–H and O–H groups in total. The second-order valence-electron chi connectivity index (χ2n) is 5.57. The summed E-state index contributed by atoms with van der Waals surface area (Å²) in [6.07, 6.45) is -4.30. The number of carbonyl (C=O) groups is 2. The zero-order valence-electron chi connectivity index (χ0n) is 15.4. The standard InChI is InChI=1S/C13H20N6O4.C2HF3O2/c14-11(2-1-7-16-13(15)18-19(22)23)12(21)17-8-9-3-5-10(20)6-4-9;3-2(4,5)1(6)7/h3-6,11,20H,1-2,7-8,14H2,(H,17,21)(H3,15,16,18);(H,6,7)/p-1/t11-;/m1./s1. The van der Waals surface area contributed by atoms with Crippen molar-refractivity contribution >= 4 is 17.8 Å². The third-order valence-electron chi connectivity index (χ3n) is 3.16. The number of phenols is 1. The number of hydrogen-bond acceptors (Lipinski definition) is 7. The third kappa shape index (κ3) is 12.7. The van der Waals surface area contributed by atoms with E-state index in [2.05, 4.69) is 15.7 Å². The van der Waals surface area contributed by atoms with Crippen LogP contribution in [0.3, 0.4) is 0 Å². The summed E-state index contributed by atoms with van der Waals surface area (Å²) < 4.78 is 31.5. The van der Waals surface area contributed by atoms with Gasteiger partial charge in [0, 0.05) is 13.1 Å². The molecular weight excluding hydrogens is 417 g/mol. The summed E-state index contributed by atoms with van der Waals surface area (Å²) in [5.41, 5.74) is 11.8. The summed E-state index contributed by atoms with van der Waals surface area (Å²) in [6, 6.07) is 5.77. The minimum absolute atomic E-state index is 0.157. The molecule has 0 aliphatic rings. The van der Waals surface area contributed by atoms with Crippen LogP contribution in [0.25, 0.3) is 0 Å². The van der Waals surface area contributed by atoms with E-state index in [1.165, 1.54) is 12.1 Å². The van der Waals surface area contributed by atoms with Crippen molar-refractivity contribution in [3.63, 3.8) is 0 Å². The van der Waals surface area contributed by atoms with Crippen LogP contribution in [-0.2, 0) is 16.1 Å². The first-order chi connectivity index (χ1) is 13.8. The first-order valence-electron chi connectivity index (χ1n) is 8.14. The van der Waals surface area contributed by atoms with Crippen molar-refractivity contribution < 1.29 is 38.0 Å². The summed E-state index contributed by atoms with van der Waals surface area (Å²) in [5.74, 6) is -3.44. The maximum Gasteiger partial charge on any atom is 0.430 e. The molecule has 0 aliphatic carbocycles. The number of nitrogens with two attached hydrogens (primary N) is 2. The lowest BCUT2D eigenvalue weighted by Gasteiger charge is -2.12. The Labute approximate surface area is 167 Å². The molecule has 1 aromatic carbocycles. The molecular formula is C15H20F3N6O6-. The van der Waals surface area contributed by atoms with Gasteiger partial charge in [0.05, 0.1) is 6.04 Å². The van der Waals surface area contributed by atoms with Crippen molar-refractivity contribution in [1.82, 2.24) is 10.6 Å². The number of aromatic hydroxyl groups is 1. The van der Waals surface area contributed by atoms with Gasteiger partial charge in [0.2, 0.25) is 5.91 Å². The number of halogens is 3. The summed E-state index contributed by atoms with van der Waals surface area (Å²) in [5, 5.41) is 35.2. The van der Waals surface area contributed by atoms with Crippen molar-refractivity contribution in [2.24, 2.45) is 16.6 Å². The van der Waals surface area contributed by atoms with Crippen molar-refractivity contribution in [2.75, 3.05) is 6.54 Å². The average molecular weight is 437 g/mol. The normalized spacial score (nSPS) is 12.2. The summed E-state index contributed by atoms with van der Waals surface area (Å²) in [6.45, 7) is 0.635. The first kappa shape index (κ1) is 26.4. The SMILES string of the molecule is NC(=N[N+](=O)[O-])NCCC[C@@H](N)C(=O)NCc1ccc(O)cc1.O=C([O-])C(F)(F)F. The number of carboxylic acids is 1. The fourth-order valence-corrected chi connectivity index (χ4v) is 1.73. The molecule has 0 heterocycles. The average Bonchev–Trinajstić information content (AvgIpc) is 2.63. The Bertz CT molecular complexity index is 741. The molecule has 0 spiro atoms. The molecule has 0 aromatic heterocycles. The number of carboxylic acid groups (broad SMARTS) is 1. The lowest BCUT2D eigenvalue weighted by Crippen LogP contribution is -2.41. The summed E-state index contributed by atoms with van der Waals surface area (Å²) in [7, 11) is 0. The number of nitrogens with zero attached hydrogens (tertiary/aromatic N) is 2. The topological polar surface area (TPSA) is 209 Å². The number of alkyl halides is 3. The lowest BCUT2D eigenvalue weighted by molar-refractivity contribution is -0.485. The molecule has 0 unspecified atom stereocenters. The van der Waals surface area contributed by atoms with E-state index in [9.17, 15) is 28.1 Å².